The van der Waals surface area contributed by atoms with E-state index in [1.165, 1.54) is 42.9 Å². The minimum atomic E-state index is -2.27. The number of imidazole rings is 1. The minimum absolute atomic E-state index is 1.02. The summed E-state index contributed by atoms with van der Waals surface area (Å²) in [5.41, 5.74) is 3.74. The lowest BCUT2D eigenvalue weighted by molar-refractivity contribution is 1.11. The zero-order chi connectivity index (χ0) is 20.4. The van der Waals surface area contributed by atoms with Gasteiger partial charge < -0.3 is 0 Å². The Kier molecular flexibility index (Phi) is 3.38. The second-order valence-corrected chi connectivity index (χ2v) is 12.3. The molecule has 0 saturated carbocycles. The van der Waals surface area contributed by atoms with Crippen molar-refractivity contribution in [1.82, 2.24) is 9.38 Å². The Labute approximate surface area is 181 Å². The van der Waals surface area contributed by atoms with E-state index in [-0.39, 0.29) is 0 Å². The van der Waals surface area contributed by atoms with Gasteiger partial charge in [-0.1, -0.05) is 103 Å². The van der Waals surface area contributed by atoms with Crippen LogP contribution in [-0.4, -0.2) is 17.5 Å². The van der Waals surface area contributed by atoms with Crippen LogP contribution in [0, 0.1) is 0 Å². The molecule has 0 fully saturated rings. The van der Waals surface area contributed by atoms with E-state index < -0.39 is 8.07 Å². The molecule has 146 valence electrons. The molecule has 4 aromatic carbocycles. The highest BCUT2D eigenvalue weighted by molar-refractivity contribution is 7.12. The number of para-hydroxylation sites is 1. The second kappa shape index (κ2) is 6.16. The molecular weight excluding hydrogens is 392 g/mol. The summed E-state index contributed by atoms with van der Waals surface area (Å²) in [4.78, 5) is 4.94. The highest BCUT2D eigenvalue weighted by Crippen LogP contribution is 2.33. The third kappa shape index (κ3) is 2.14. The van der Waals surface area contributed by atoms with Gasteiger partial charge in [-0.3, -0.25) is 4.40 Å². The zero-order valence-electron chi connectivity index (χ0n) is 17.0. The number of pyridine rings is 1. The molecule has 3 heteroatoms. The first-order valence-corrected chi connectivity index (χ1v) is 13.0. The van der Waals surface area contributed by atoms with Gasteiger partial charge in [0.1, 0.15) is 5.65 Å². The number of rotatable bonds is 2. The summed E-state index contributed by atoms with van der Waals surface area (Å²) in [6.07, 6.45) is 2.12. The van der Waals surface area contributed by atoms with Crippen LogP contribution in [0.2, 0.25) is 0 Å². The van der Waals surface area contributed by atoms with E-state index in [0.717, 1.165) is 11.7 Å². The minimum Gasteiger partial charge on any atom is -0.296 e. The van der Waals surface area contributed by atoms with E-state index in [1.54, 1.807) is 0 Å². The standard InChI is InChI=1S/C28H20N2Si/c1-3-10-21(11-4-1)31(22-12-5-2-6-13-22)19-20-18-29-28-25-15-8-7-14-23(25)24-16-9-17-26(31)27(24)30(20)28/h1-18H,19H2. The smallest absolute Gasteiger partial charge is 0.156 e. The third-order valence-electron chi connectivity index (χ3n) is 6.99. The van der Waals surface area contributed by atoms with Crippen molar-refractivity contribution in [2.24, 2.45) is 0 Å². The largest absolute Gasteiger partial charge is 0.296 e. The molecule has 6 aromatic rings. The molecule has 0 unspecified atom stereocenters. The molecule has 0 aliphatic carbocycles. The van der Waals surface area contributed by atoms with E-state index in [2.05, 4.69) is 114 Å². The predicted octanol–water partition coefficient (Wildman–Crippen LogP) is 4.21. The number of nitrogens with zero attached hydrogens (tertiary/aromatic N) is 2. The molecule has 0 atom stereocenters. The first-order valence-electron chi connectivity index (χ1n) is 10.8. The van der Waals surface area contributed by atoms with Crippen LogP contribution in [0.3, 0.4) is 0 Å². The van der Waals surface area contributed by atoms with Crippen molar-refractivity contribution in [2.45, 2.75) is 6.04 Å². The molecule has 1 aliphatic heterocycles. The molecule has 31 heavy (non-hydrogen) atoms. The van der Waals surface area contributed by atoms with E-state index in [9.17, 15) is 0 Å². The Morgan fingerprint density at radius 2 is 1.23 bits per heavy atom. The summed E-state index contributed by atoms with van der Waals surface area (Å²) in [6.45, 7) is 0. The van der Waals surface area contributed by atoms with Crippen molar-refractivity contribution in [1.29, 1.82) is 0 Å². The van der Waals surface area contributed by atoms with Crippen LogP contribution in [0.1, 0.15) is 5.69 Å². The fourth-order valence-corrected chi connectivity index (χ4v) is 10.6. The van der Waals surface area contributed by atoms with Crippen molar-refractivity contribution in [3.05, 3.63) is 115 Å². The van der Waals surface area contributed by atoms with Crippen LogP contribution in [-0.2, 0) is 6.04 Å². The van der Waals surface area contributed by atoms with Crippen LogP contribution < -0.4 is 15.6 Å². The van der Waals surface area contributed by atoms with Gasteiger partial charge in [0.15, 0.2) is 8.07 Å². The molecule has 1 aliphatic rings. The first-order chi connectivity index (χ1) is 15.4. The molecule has 0 bridgehead atoms. The summed E-state index contributed by atoms with van der Waals surface area (Å²) in [5, 5.41) is 8.25. The van der Waals surface area contributed by atoms with Crippen molar-refractivity contribution < 1.29 is 0 Å². The molecule has 2 aromatic heterocycles. The zero-order valence-corrected chi connectivity index (χ0v) is 18.0. The predicted molar refractivity (Wildman–Crippen MR) is 131 cm³/mol. The Bertz CT molecular complexity index is 1560. The van der Waals surface area contributed by atoms with Crippen LogP contribution in [0.15, 0.2) is 109 Å². The van der Waals surface area contributed by atoms with Gasteiger partial charge in [-0.25, -0.2) is 4.98 Å². The molecule has 0 saturated heterocycles. The SMILES string of the molecule is c1ccc([Si]2(c3ccccc3)Cc3cnc4c5ccccc5c5cccc2c5n34)cc1. The summed E-state index contributed by atoms with van der Waals surface area (Å²) in [5.74, 6) is 0. The average molecular weight is 413 g/mol. The molecule has 0 N–H and O–H groups in total. The Morgan fingerprint density at radius 1 is 0.613 bits per heavy atom. The summed E-state index contributed by atoms with van der Waals surface area (Å²) in [6, 6.07) is 39.0. The second-order valence-electron chi connectivity index (χ2n) is 8.47. The quantitative estimate of drug-likeness (QED) is 0.308. The van der Waals surface area contributed by atoms with Crippen molar-refractivity contribution in [3.8, 4) is 0 Å². The van der Waals surface area contributed by atoms with E-state index >= 15 is 0 Å². The average Bonchev–Trinajstić information content (AvgIpc) is 3.29. The number of benzene rings is 4. The molecule has 0 radical (unpaired) electrons. The van der Waals surface area contributed by atoms with E-state index in [1.807, 2.05) is 0 Å². The molecular formula is C28H20N2Si. The summed E-state index contributed by atoms with van der Waals surface area (Å²) < 4.78 is 2.43. The lowest BCUT2D eigenvalue weighted by Crippen LogP contribution is -2.70. The lowest BCUT2D eigenvalue weighted by Gasteiger charge is -2.37. The van der Waals surface area contributed by atoms with Crippen molar-refractivity contribution >= 4 is 51.0 Å². The van der Waals surface area contributed by atoms with Crippen LogP contribution in [0.5, 0.6) is 0 Å². The first kappa shape index (κ1) is 17.0. The maximum Gasteiger partial charge on any atom is 0.156 e. The highest BCUT2D eigenvalue weighted by Gasteiger charge is 2.44. The van der Waals surface area contributed by atoms with Gasteiger partial charge in [-0.15, -0.1) is 0 Å². The van der Waals surface area contributed by atoms with Crippen LogP contribution in [0.4, 0.5) is 0 Å². The molecule has 3 heterocycles. The van der Waals surface area contributed by atoms with Gasteiger partial charge in [0.05, 0.1) is 5.52 Å². The number of fused-ring (bicyclic) bond motifs is 3. The number of hydrogen-bond acceptors (Lipinski definition) is 1. The number of aromatic nitrogens is 2. The van der Waals surface area contributed by atoms with Gasteiger partial charge in [0.2, 0.25) is 0 Å². The van der Waals surface area contributed by atoms with Gasteiger partial charge >= 0.3 is 0 Å². The maximum absolute atomic E-state index is 4.94. The van der Waals surface area contributed by atoms with Gasteiger partial charge in [-0.2, -0.15) is 0 Å². The normalized spacial score (nSPS) is 14.6. The molecule has 7 rings (SSSR count). The van der Waals surface area contributed by atoms with E-state index in [4.69, 9.17) is 4.98 Å². The number of hydrogen-bond donors (Lipinski definition) is 0. The lowest BCUT2D eigenvalue weighted by atomic mass is 10.1. The highest BCUT2D eigenvalue weighted by atomic mass is 28.3. The maximum atomic E-state index is 4.94. The topological polar surface area (TPSA) is 17.3 Å². The third-order valence-corrected chi connectivity index (χ3v) is 11.8. The van der Waals surface area contributed by atoms with Gasteiger partial charge in [0.25, 0.3) is 0 Å². The van der Waals surface area contributed by atoms with E-state index in [0.29, 0.717) is 0 Å². The van der Waals surface area contributed by atoms with Crippen molar-refractivity contribution in [3.63, 3.8) is 0 Å². The van der Waals surface area contributed by atoms with Crippen LogP contribution >= 0.6 is 0 Å². The van der Waals surface area contributed by atoms with Crippen molar-refractivity contribution in [2.75, 3.05) is 0 Å². The Balaban J connectivity index is 1.73. The Morgan fingerprint density at radius 3 is 1.94 bits per heavy atom. The fourth-order valence-electron chi connectivity index (χ4n) is 5.70. The molecule has 0 amide bonds. The summed E-state index contributed by atoms with van der Waals surface area (Å²) >= 11 is 0. The monoisotopic (exact) mass is 412 g/mol. The molecule has 2 nitrogen and oxygen atoms in total. The van der Waals surface area contributed by atoms with Gasteiger partial charge in [0, 0.05) is 22.7 Å². The Hall–Kier alpha value is -3.69. The van der Waals surface area contributed by atoms with Crippen LogP contribution in [0.25, 0.3) is 27.3 Å². The fraction of sp³-hybridized carbons (Fsp3) is 0.0357. The van der Waals surface area contributed by atoms with Gasteiger partial charge in [-0.05, 0) is 27.0 Å². The summed E-state index contributed by atoms with van der Waals surface area (Å²) in [7, 11) is -2.27. The molecule has 0 spiro atoms.